The molecule has 0 spiro atoms. The lowest BCUT2D eigenvalue weighted by Gasteiger charge is -2.38. The van der Waals surface area contributed by atoms with Crippen molar-refractivity contribution in [2.75, 3.05) is 32.1 Å². The minimum atomic E-state index is 0.0253. The van der Waals surface area contributed by atoms with Crippen LogP contribution in [0.1, 0.15) is 78.7 Å². The number of rotatable bonds is 9. The van der Waals surface area contributed by atoms with E-state index >= 15 is 0 Å². The van der Waals surface area contributed by atoms with E-state index in [1.54, 1.807) is 7.11 Å². The van der Waals surface area contributed by atoms with E-state index in [1.807, 2.05) is 6.20 Å². The summed E-state index contributed by atoms with van der Waals surface area (Å²) < 4.78 is 10.9. The minimum absolute atomic E-state index is 0.0253. The number of hydrogen-bond donors (Lipinski definition) is 2. The predicted octanol–water partition coefficient (Wildman–Crippen LogP) is 2.93. The second-order valence-electron chi connectivity index (χ2n) is 10.5. The van der Waals surface area contributed by atoms with E-state index in [1.165, 1.54) is 37.6 Å². The number of anilines is 1. The van der Waals surface area contributed by atoms with Gasteiger partial charge in [0, 0.05) is 45.0 Å². The van der Waals surface area contributed by atoms with Crippen molar-refractivity contribution in [3.05, 3.63) is 35.8 Å². The number of nitrogens with one attached hydrogen (secondary N) is 2. The van der Waals surface area contributed by atoms with Gasteiger partial charge in [0.2, 0.25) is 12.3 Å². The van der Waals surface area contributed by atoms with E-state index in [-0.39, 0.29) is 17.9 Å². The van der Waals surface area contributed by atoms with Gasteiger partial charge in [-0.25, -0.2) is 4.98 Å². The van der Waals surface area contributed by atoms with Crippen LogP contribution in [0.5, 0.6) is 0 Å². The highest BCUT2D eigenvalue weighted by molar-refractivity contribution is 5.98. The van der Waals surface area contributed by atoms with Crippen LogP contribution < -0.4 is 10.6 Å². The average molecular weight is 467 g/mol. The first-order valence-electron chi connectivity index (χ1n) is 12.7. The number of amides is 1. The molecule has 3 saturated carbocycles. The van der Waals surface area contributed by atoms with Crippen molar-refractivity contribution in [1.29, 1.82) is 0 Å². The third-order valence-electron chi connectivity index (χ3n) is 7.85. The van der Waals surface area contributed by atoms with Gasteiger partial charge < -0.3 is 24.7 Å². The molecule has 0 aromatic carbocycles. The Kier molecular flexibility index (Phi) is 5.99. The van der Waals surface area contributed by atoms with Crippen LogP contribution in [-0.2, 0) is 4.74 Å². The molecular formula is C25H34N6O3. The third kappa shape index (κ3) is 4.68. The van der Waals surface area contributed by atoms with Gasteiger partial charge in [-0.3, -0.25) is 4.79 Å². The summed E-state index contributed by atoms with van der Waals surface area (Å²) in [5.41, 5.74) is 2.67. The number of piperidine rings is 1. The van der Waals surface area contributed by atoms with Crippen LogP contribution in [0.3, 0.4) is 0 Å². The molecule has 1 aliphatic heterocycles. The Bertz CT molecular complexity index is 1000. The van der Waals surface area contributed by atoms with Crippen molar-refractivity contribution in [1.82, 2.24) is 25.4 Å². The van der Waals surface area contributed by atoms with Crippen molar-refractivity contribution in [3.63, 3.8) is 0 Å². The summed E-state index contributed by atoms with van der Waals surface area (Å²) in [6.07, 6.45) is 11.1. The monoisotopic (exact) mass is 466 g/mol. The number of carbonyl (C=O) groups excluding carboxylic acids is 1. The van der Waals surface area contributed by atoms with Crippen LogP contribution >= 0.6 is 0 Å². The van der Waals surface area contributed by atoms with Gasteiger partial charge in [0.1, 0.15) is 0 Å². The number of carbonyl (C=O) groups is 1. The molecular weight excluding hydrogens is 432 g/mol. The normalized spacial score (nSPS) is 28.9. The number of methoxy groups -OCH3 is 1. The first-order chi connectivity index (χ1) is 16.7. The fraction of sp³-hybridized carbons (Fsp3) is 0.680. The molecule has 6 rings (SSSR count). The topological polar surface area (TPSA) is 105 Å². The van der Waals surface area contributed by atoms with E-state index in [9.17, 15) is 4.79 Å². The van der Waals surface area contributed by atoms with Gasteiger partial charge in [-0.05, 0) is 68.4 Å². The second-order valence-corrected chi connectivity index (χ2v) is 10.5. The van der Waals surface area contributed by atoms with Crippen LogP contribution in [0.2, 0.25) is 0 Å². The largest absolute Gasteiger partial charge is 0.428 e. The molecule has 2 aromatic rings. The van der Waals surface area contributed by atoms with Gasteiger partial charge in [0.25, 0.3) is 5.91 Å². The van der Waals surface area contributed by atoms with Gasteiger partial charge in [-0.2, -0.15) is 0 Å². The Hall–Kier alpha value is -2.52. The molecule has 2 atom stereocenters. The Morgan fingerprint density at radius 2 is 2.06 bits per heavy atom. The molecule has 9 heteroatoms. The summed E-state index contributed by atoms with van der Waals surface area (Å²) in [5, 5.41) is 15.1. The van der Waals surface area contributed by atoms with Crippen molar-refractivity contribution >= 4 is 11.6 Å². The quantitative estimate of drug-likeness (QED) is 0.581. The Labute approximate surface area is 200 Å². The van der Waals surface area contributed by atoms with Gasteiger partial charge in [0.05, 0.1) is 17.7 Å². The minimum Gasteiger partial charge on any atom is -0.428 e. The summed E-state index contributed by atoms with van der Waals surface area (Å²) in [7, 11) is 1.76. The summed E-state index contributed by atoms with van der Waals surface area (Å²) in [6, 6.07) is 2.56. The zero-order valence-electron chi connectivity index (χ0n) is 19.8. The maximum atomic E-state index is 14.0. The summed E-state index contributed by atoms with van der Waals surface area (Å²) in [4.78, 5) is 20.9. The zero-order valence-corrected chi connectivity index (χ0v) is 19.8. The fourth-order valence-corrected chi connectivity index (χ4v) is 5.31. The summed E-state index contributed by atoms with van der Waals surface area (Å²) in [6.45, 7) is 2.33. The SMILES string of the molecule is COC1CC(Nc2cc(C3CC3)cnc2C(=O)N(CC2CC2)[C@@H]2CNCC(c3nnco3)C2)C1. The van der Waals surface area contributed by atoms with E-state index in [4.69, 9.17) is 14.1 Å². The standard InChI is InChI=1S/C25H34N6O3/c1-33-21-8-19(9-21)29-22-7-17(16-4-5-16)11-27-23(22)25(32)31(13-15-2-3-15)20-6-18(10-26-12-20)24-30-28-14-34-24/h7,11,14-16,18-21,26,29H,2-6,8-10,12-13H2,1H3/t18?,19?,20-,21?/m0/s1. The molecule has 2 aromatic heterocycles. The average Bonchev–Trinajstić information content (AvgIpc) is 3.78. The van der Waals surface area contributed by atoms with Crippen LogP contribution in [0.25, 0.3) is 0 Å². The summed E-state index contributed by atoms with van der Waals surface area (Å²) >= 11 is 0. The van der Waals surface area contributed by atoms with E-state index in [0.29, 0.717) is 35.6 Å². The number of aromatic nitrogens is 3. The number of pyridine rings is 1. The highest BCUT2D eigenvalue weighted by Crippen LogP contribution is 2.41. The van der Waals surface area contributed by atoms with Crippen LogP contribution in [0, 0.1) is 5.92 Å². The van der Waals surface area contributed by atoms with Gasteiger partial charge in [-0.1, -0.05) is 0 Å². The highest BCUT2D eigenvalue weighted by Gasteiger charge is 2.38. The van der Waals surface area contributed by atoms with Gasteiger partial charge >= 0.3 is 0 Å². The summed E-state index contributed by atoms with van der Waals surface area (Å²) in [5.74, 6) is 1.95. The molecule has 1 amide bonds. The molecule has 4 fully saturated rings. The molecule has 2 N–H and O–H groups in total. The van der Waals surface area contributed by atoms with Crippen LogP contribution in [-0.4, -0.2) is 70.9 Å². The molecule has 3 heterocycles. The van der Waals surface area contributed by atoms with E-state index in [2.05, 4.69) is 31.8 Å². The van der Waals surface area contributed by atoms with E-state index in [0.717, 1.165) is 44.6 Å². The Morgan fingerprint density at radius 3 is 2.76 bits per heavy atom. The fourth-order valence-electron chi connectivity index (χ4n) is 5.31. The van der Waals surface area contributed by atoms with Crippen molar-refractivity contribution in [2.45, 2.75) is 75.0 Å². The second kappa shape index (κ2) is 9.26. The Morgan fingerprint density at radius 1 is 1.21 bits per heavy atom. The third-order valence-corrected chi connectivity index (χ3v) is 7.85. The van der Waals surface area contributed by atoms with Gasteiger partial charge in [0.15, 0.2) is 5.69 Å². The molecule has 1 unspecified atom stereocenters. The molecule has 1 saturated heterocycles. The lowest BCUT2D eigenvalue weighted by molar-refractivity contribution is 0.0328. The smallest absolute Gasteiger partial charge is 0.274 e. The first-order valence-corrected chi connectivity index (χ1v) is 12.7. The van der Waals surface area contributed by atoms with Crippen molar-refractivity contribution < 1.29 is 13.9 Å². The predicted molar refractivity (Wildman–Crippen MR) is 126 cm³/mol. The first kappa shape index (κ1) is 22.0. The zero-order chi connectivity index (χ0) is 23.1. The van der Waals surface area contributed by atoms with Gasteiger partial charge in [-0.15, -0.1) is 10.2 Å². The lowest BCUT2D eigenvalue weighted by Crippen LogP contribution is -2.51. The van der Waals surface area contributed by atoms with Crippen LogP contribution in [0.4, 0.5) is 5.69 Å². The maximum Gasteiger partial charge on any atom is 0.274 e. The molecule has 0 bridgehead atoms. The highest BCUT2D eigenvalue weighted by atomic mass is 16.5. The lowest BCUT2D eigenvalue weighted by atomic mass is 9.89. The molecule has 3 aliphatic carbocycles. The number of ether oxygens (including phenoxy) is 1. The Balaban J connectivity index is 1.25. The van der Waals surface area contributed by atoms with Crippen molar-refractivity contribution in [2.24, 2.45) is 5.92 Å². The molecule has 34 heavy (non-hydrogen) atoms. The van der Waals surface area contributed by atoms with E-state index < -0.39 is 0 Å². The number of hydrogen-bond acceptors (Lipinski definition) is 8. The number of nitrogens with zero attached hydrogens (tertiary/aromatic N) is 4. The molecule has 9 nitrogen and oxygen atoms in total. The van der Waals surface area contributed by atoms with Crippen LogP contribution in [0.15, 0.2) is 23.1 Å². The maximum absolute atomic E-state index is 14.0. The molecule has 182 valence electrons. The molecule has 0 radical (unpaired) electrons. The van der Waals surface area contributed by atoms with Crippen molar-refractivity contribution in [3.8, 4) is 0 Å². The molecule has 4 aliphatic rings.